The van der Waals surface area contributed by atoms with Crippen molar-refractivity contribution in [1.82, 2.24) is 19.5 Å². The molecule has 0 spiro atoms. The zero-order valence-corrected chi connectivity index (χ0v) is 27.7. The number of para-hydroxylation sites is 1. The monoisotopic (exact) mass is 656 g/mol. The molecule has 0 radical (unpaired) electrons. The van der Waals surface area contributed by atoms with E-state index in [9.17, 15) is 0 Å². The van der Waals surface area contributed by atoms with Crippen molar-refractivity contribution < 1.29 is 0 Å². The number of fused-ring (bicyclic) bond motifs is 7. The van der Waals surface area contributed by atoms with Gasteiger partial charge in [-0.2, -0.15) is 0 Å². The quantitative estimate of drug-likeness (QED) is 0.185. The molecule has 7 aromatic carbocycles. The number of aromatic nitrogens is 4. The van der Waals surface area contributed by atoms with E-state index < -0.39 is 0 Å². The lowest BCUT2D eigenvalue weighted by molar-refractivity contribution is 1.08. The van der Waals surface area contributed by atoms with Crippen LogP contribution in [0.25, 0.3) is 93.0 Å². The number of nitrogens with zero attached hydrogens (tertiary/aromatic N) is 4. The Morgan fingerprint density at radius 2 is 0.920 bits per heavy atom. The Labute approximate surface area is 292 Å². The Kier molecular flexibility index (Phi) is 6.64. The lowest BCUT2D eigenvalue weighted by Crippen LogP contribution is -2.00. The molecule has 0 aliphatic rings. The number of rotatable bonds is 5. The molecule has 10 aromatic rings. The van der Waals surface area contributed by atoms with Crippen LogP contribution in [0.5, 0.6) is 0 Å². The van der Waals surface area contributed by atoms with Crippen LogP contribution in [-0.4, -0.2) is 19.5 Å². The Morgan fingerprint density at radius 1 is 0.380 bits per heavy atom. The first kappa shape index (κ1) is 28.6. The van der Waals surface area contributed by atoms with E-state index in [4.69, 9.17) is 15.0 Å². The number of hydrogen-bond acceptors (Lipinski definition) is 4. The largest absolute Gasteiger partial charge is 0.308 e. The molecule has 0 aliphatic heterocycles. The van der Waals surface area contributed by atoms with Gasteiger partial charge in [-0.15, -0.1) is 11.3 Å². The van der Waals surface area contributed by atoms with Gasteiger partial charge in [-0.05, 0) is 35.4 Å². The zero-order chi connectivity index (χ0) is 33.0. The molecule has 0 atom stereocenters. The predicted molar refractivity (Wildman–Crippen MR) is 209 cm³/mol. The molecule has 10 rings (SSSR count). The van der Waals surface area contributed by atoms with Crippen molar-refractivity contribution in [3.63, 3.8) is 0 Å². The number of hydrogen-bond donors (Lipinski definition) is 0. The van der Waals surface area contributed by atoms with E-state index in [1.54, 1.807) is 0 Å². The summed E-state index contributed by atoms with van der Waals surface area (Å²) in [5, 5.41) is 4.90. The minimum Gasteiger partial charge on any atom is -0.308 e. The van der Waals surface area contributed by atoms with Crippen LogP contribution in [0, 0.1) is 0 Å². The fourth-order valence-corrected chi connectivity index (χ4v) is 8.46. The van der Waals surface area contributed by atoms with Crippen molar-refractivity contribution >= 4 is 53.3 Å². The highest BCUT2D eigenvalue weighted by Crippen LogP contribution is 2.46. The molecule has 0 N–H and O–H groups in total. The van der Waals surface area contributed by atoms with Gasteiger partial charge < -0.3 is 4.57 Å². The van der Waals surface area contributed by atoms with Gasteiger partial charge in [-0.3, -0.25) is 0 Å². The summed E-state index contributed by atoms with van der Waals surface area (Å²) in [4.78, 5) is 15.1. The number of benzene rings is 7. The minimum absolute atomic E-state index is 0.661. The first-order valence-corrected chi connectivity index (χ1v) is 17.5. The summed E-state index contributed by atoms with van der Waals surface area (Å²) in [6, 6.07) is 59.6. The molecule has 50 heavy (non-hydrogen) atoms. The fourth-order valence-electron chi connectivity index (χ4n) is 7.11. The summed E-state index contributed by atoms with van der Waals surface area (Å²) in [5.74, 6) is 1.99. The first-order chi connectivity index (χ1) is 24.8. The standard InChI is InChI=1S/C45H28N4S/c1-5-14-29(15-6-1)32-24-25-34-35-26-27-37-36-22-13-23-38(41(36)50-42(37)40(35)49(39(34)28-32)33-20-11-4-12-21-33)45-47-43(30-16-7-2-8-17-30)46-44(48-45)31-18-9-3-10-19-31/h1-28H. The van der Waals surface area contributed by atoms with Crippen LogP contribution in [-0.2, 0) is 0 Å². The second-order valence-corrected chi connectivity index (χ2v) is 13.5. The van der Waals surface area contributed by atoms with Crippen LogP contribution in [0.1, 0.15) is 0 Å². The van der Waals surface area contributed by atoms with E-state index in [0.29, 0.717) is 17.5 Å². The van der Waals surface area contributed by atoms with Crippen LogP contribution in [0.2, 0.25) is 0 Å². The third-order valence-corrected chi connectivity index (χ3v) is 10.7. The lowest BCUT2D eigenvalue weighted by Gasteiger charge is -2.09. The topological polar surface area (TPSA) is 43.6 Å². The van der Waals surface area contributed by atoms with Gasteiger partial charge in [-0.1, -0.05) is 146 Å². The van der Waals surface area contributed by atoms with Gasteiger partial charge in [0.1, 0.15) is 0 Å². The molecule has 3 heterocycles. The van der Waals surface area contributed by atoms with Crippen molar-refractivity contribution in [2.75, 3.05) is 0 Å². The molecular weight excluding hydrogens is 629 g/mol. The fraction of sp³-hybridized carbons (Fsp3) is 0. The average Bonchev–Trinajstić information content (AvgIpc) is 3.75. The van der Waals surface area contributed by atoms with Gasteiger partial charge in [0.05, 0.1) is 15.7 Å². The highest BCUT2D eigenvalue weighted by Gasteiger charge is 2.21. The Hall–Kier alpha value is -6.43. The van der Waals surface area contributed by atoms with Crippen LogP contribution in [0.15, 0.2) is 170 Å². The second kappa shape index (κ2) is 11.6. The molecule has 5 heteroatoms. The van der Waals surface area contributed by atoms with Gasteiger partial charge in [-0.25, -0.2) is 15.0 Å². The van der Waals surface area contributed by atoms with E-state index in [1.807, 2.05) is 47.7 Å². The van der Waals surface area contributed by atoms with Crippen molar-refractivity contribution in [3.05, 3.63) is 170 Å². The van der Waals surface area contributed by atoms with Crippen molar-refractivity contribution in [3.8, 4) is 51.0 Å². The zero-order valence-electron chi connectivity index (χ0n) is 26.9. The van der Waals surface area contributed by atoms with Crippen LogP contribution in [0.4, 0.5) is 0 Å². The van der Waals surface area contributed by atoms with Crippen molar-refractivity contribution in [2.24, 2.45) is 0 Å². The number of thiophene rings is 1. The Morgan fingerprint density at radius 3 is 1.58 bits per heavy atom. The van der Waals surface area contributed by atoms with Crippen molar-refractivity contribution in [1.29, 1.82) is 0 Å². The third kappa shape index (κ3) is 4.63. The van der Waals surface area contributed by atoms with Gasteiger partial charge in [0.25, 0.3) is 0 Å². The molecule has 4 nitrogen and oxygen atoms in total. The van der Waals surface area contributed by atoms with Crippen LogP contribution >= 0.6 is 11.3 Å². The van der Waals surface area contributed by atoms with Gasteiger partial charge in [0, 0.05) is 48.6 Å². The second-order valence-electron chi connectivity index (χ2n) is 12.4. The molecule has 3 aromatic heterocycles. The molecule has 0 unspecified atom stereocenters. The molecule has 0 saturated carbocycles. The molecular formula is C45H28N4S. The first-order valence-electron chi connectivity index (χ1n) is 16.7. The average molecular weight is 657 g/mol. The minimum atomic E-state index is 0.661. The maximum absolute atomic E-state index is 5.10. The summed E-state index contributed by atoms with van der Waals surface area (Å²) in [5.41, 5.74) is 8.87. The van der Waals surface area contributed by atoms with E-state index >= 15 is 0 Å². The van der Waals surface area contributed by atoms with E-state index in [0.717, 1.165) is 27.1 Å². The third-order valence-electron chi connectivity index (χ3n) is 9.46. The van der Waals surface area contributed by atoms with Crippen LogP contribution in [0.3, 0.4) is 0 Å². The highest BCUT2D eigenvalue weighted by molar-refractivity contribution is 7.27. The predicted octanol–water partition coefficient (Wildman–Crippen LogP) is 12.0. The molecule has 0 fully saturated rings. The van der Waals surface area contributed by atoms with Crippen molar-refractivity contribution in [2.45, 2.75) is 0 Å². The summed E-state index contributed by atoms with van der Waals surface area (Å²) in [6.07, 6.45) is 0. The molecule has 0 saturated heterocycles. The maximum Gasteiger partial charge on any atom is 0.165 e. The van der Waals surface area contributed by atoms with Crippen LogP contribution < -0.4 is 0 Å². The van der Waals surface area contributed by atoms with E-state index in [2.05, 4.69) is 138 Å². The highest BCUT2D eigenvalue weighted by atomic mass is 32.1. The Balaban J connectivity index is 1.26. The summed E-state index contributed by atoms with van der Waals surface area (Å²) in [7, 11) is 0. The SMILES string of the molecule is c1ccc(-c2ccc3c4ccc5c6cccc(-c7nc(-c8ccccc8)nc(-c8ccccc8)n7)c6sc5c4n(-c4ccccc4)c3c2)cc1. The normalized spacial score (nSPS) is 11.6. The molecule has 0 bridgehead atoms. The van der Waals surface area contributed by atoms with Gasteiger partial charge in [0.15, 0.2) is 17.5 Å². The smallest absolute Gasteiger partial charge is 0.165 e. The lowest BCUT2D eigenvalue weighted by atomic mass is 10.0. The van der Waals surface area contributed by atoms with Gasteiger partial charge in [0.2, 0.25) is 0 Å². The maximum atomic E-state index is 5.10. The molecule has 0 amide bonds. The van der Waals surface area contributed by atoms with E-state index in [1.165, 1.54) is 48.4 Å². The Bertz CT molecular complexity index is 2780. The summed E-state index contributed by atoms with van der Waals surface area (Å²) >= 11 is 1.82. The summed E-state index contributed by atoms with van der Waals surface area (Å²) in [6.45, 7) is 0. The van der Waals surface area contributed by atoms with E-state index in [-0.39, 0.29) is 0 Å². The van der Waals surface area contributed by atoms with Gasteiger partial charge >= 0.3 is 0 Å². The molecule has 234 valence electrons. The molecule has 0 aliphatic carbocycles. The summed E-state index contributed by atoms with van der Waals surface area (Å²) < 4.78 is 4.85.